The Hall–Kier alpha value is -0.940. The summed E-state index contributed by atoms with van der Waals surface area (Å²) in [5, 5.41) is 5.99. The van der Waals surface area contributed by atoms with E-state index in [1.54, 1.807) is 11.3 Å². The van der Waals surface area contributed by atoms with Crippen LogP contribution in [0.3, 0.4) is 0 Å². The summed E-state index contributed by atoms with van der Waals surface area (Å²) in [6, 6.07) is 0. The van der Waals surface area contributed by atoms with Crippen LogP contribution in [0.1, 0.15) is 44.8 Å². The average molecular weight is 283 g/mol. The van der Waals surface area contributed by atoms with Crippen LogP contribution in [0.2, 0.25) is 0 Å². The quantitative estimate of drug-likeness (QED) is 0.798. The fourth-order valence-corrected chi connectivity index (χ4v) is 2.52. The van der Waals surface area contributed by atoms with Gasteiger partial charge in [-0.2, -0.15) is 0 Å². The van der Waals surface area contributed by atoms with Crippen molar-refractivity contribution in [1.82, 2.24) is 15.2 Å². The van der Waals surface area contributed by atoms with E-state index in [0.29, 0.717) is 18.9 Å². The van der Waals surface area contributed by atoms with Gasteiger partial charge in [0.1, 0.15) is 5.01 Å². The highest BCUT2D eigenvalue weighted by Crippen LogP contribution is 2.12. The number of hydrogen-bond acceptors (Lipinski definition) is 4. The van der Waals surface area contributed by atoms with Crippen LogP contribution in [-0.4, -0.2) is 28.9 Å². The predicted molar refractivity (Wildman–Crippen MR) is 80.0 cm³/mol. The fourth-order valence-electron chi connectivity index (χ4n) is 1.80. The monoisotopic (exact) mass is 283 g/mol. The summed E-state index contributed by atoms with van der Waals surface area (Å²) in [4.78, 5) is 18.5. The Morgan fingerprint density at radius 1 is 1.42 bits per heavy atom. The summed E-state index contributed by atoms with van der Waals surface area (Å²) in [5.74, 6) is 0.505. The standard InChI is InChI=1S/C14H25N3OS/c1-5-17(6-2)9-12-10-19-14(16-12)8-15-13(18)7-11(3)4/h10-11H,5-9H2,1-4H3,(H,15,18). The molecule has 1 rings (SSSR count). The van der Waals surface area contributed by atoms with Crippen molar-refractivity contribution in [3.05, 3.63) is 16.1 Å². The molecule has 19 heavy (non-hydrogen) atoms. The van der Waals surface area contributed by atoms with Crippen LogP contribution in [0.15, 0.2) is 5.38 Å². The van der Waals surface area contributed by atoms with Gasteiger partial charge in [-0.25, -0.2) is 4.98 Å². The maximum absolute atomic E-state index is 11.6. The molecule has 1 aromatic rings. The van der Waals surface area contributed by atoms with Crippen molar-refractivity contribution in [3.63, 3.8) is 0 Å². The minimum absolute atomic E-state index is 0.107. The first-order valence-electron chi connectivity index (χ1n) is 6.97. The van der Waals surface area contributed by atoms with Gasteiger partial charge in [-0.15, -0.1) is 11.3 Å². The van der Waals surface area contributed by atoms with E-state index in [-0.39, 0.29) is 5.91 Å². The van der Waals surface area contributed by atoms with Crippen LogP contribution in [0, 0.1) is 5.92 Å². The molecule has 0 saturated carbocycles. The Labute approximate surface area is 120 Å². The van der Waals surface area contributed by atoms with Gasteiger partial charge in [-0.1, -0.05) is 27.7 Å². The third kappa shape index (κ3) is 6.16. The number of thiazole rings is 1. The molecule has 1 amide bonds. The molecule has 0 bridgehead atoms. The minimum atomic E-state index is 0.107. The van der Waals surface area contributed by atoms with Crippen LogP contribution in [-0.2, 0) is 17.9 Å². The van der Waals surface area contributed by atoms with Crippen molar-refractivity contribution in [2.24, 2.45) is 5.92 Å². The van der Waals surface area contributed by atoms with Gasteiger partial charge in [0, 0.05) is 18.3 Å². The molecule has 0 atom stereocenters. The van der Waals surface area contributed by atoms with Gasteiger partial charge in [0.15, 0.2) is 0 Å². The number of aromatic nitrogens is 1. The number of carbonyl (C=O) groups is 1. The van der Waals surface area contributed by atoms with Crippen LogP contribution >= 0.6 is 11.3 Å². The van der Waals surface area contributed by atoms with Gasteiger partial charge in [-0.05, 0) is 19.0 Å². The normalized spacial score (nSPS) is 11.3. The van der Waals surface area contributed by atoms with E-state index >= 15 is 0 Å². The first kappa shape index (κ1) is 16.1. The van der Waals surface area contributed by atoms with Gasteiger partial charge in [0.05, 0.1) is 12.2 Å². The Kier molecular flexibility index (Phi) is 7.02. The van der Waals surface area contributed by atoms with Gasteiger partial charge in [0.25, 0.3) is 0 Å². The number of carbonyl (C=O) groups excluding carboxylic acids is 1. The second kappa shape index (κ2) is 8.27. The lowest BCUT2D eigenvalue weighted by Crippen LogP contribution is -2.24. The molecule has 1 aromatic heterocycles. The lowest BCUT2D eigenvalue weighted by molar-refractivity contribution is -0.121. The second-order valence-corrected chi connectivity index (χ2v) is 6.01. The topological polar surface area (TPSA) is 45.2 Å². The zero-order valence-corrected chi connectivity index (χ0v) is 13.2. The van der Waals surface area contributed by atoms with Crippen molar-refractivity contribution < 1.29 is 4.79 Å². The Bertz CT molecular complexity index is 386. The number of nitrogens with zero attached hydrogens (tertiary/aromatic N) is 2. The Morgan fingerprint density at radius 3 is 2.68 bits per heavy atom. The zero-order valence-electron chi connectivity index (χ0n) is 12.4. The van der Waals surface area contributed by atoms with Gasteiger partial charge < -0.3 is 5.32 Å². The fraction of sp³-hybridized carbons (Fsp3) is 0.714. The van der Waals surface area contributed by atoms with Gasteiger partial charge in [-0.3, -0.25) is 9.69 Å². The second-order valence-electron chi connectivity index (χ2n) is 5.07. The van der Waals surface area contributed by atoms with Crippen molar-refractivity contribution in [1.29, 1.82) is 0 Å². The van der Waals surface area contributed by atoms with Crippen molar-refractivity contribution in [3.8, 4) is 0 Å². The summed E-state index contributed by atoms with van der Waals surface area (Å²) in [7, 11) is 0. The Morgan fingerprint density at radius 2 is 2.11 bits per heavy atom. The Balaban J connectivity index is 2.40. The molecule has 1 heterocycles. The maximum Gasteiger partial charge on any atom is 0.220 e. The summed E-state index contributed by atoms with van der Waals surface area (Å²) >= 11 is 1.62. The van der Waals surface area contributed by atoms with Crippen molar-refractivity contribution in [2.75, 3.05) is 13.1 Å². The van der Waals surface area contributed by atoms with E-state index in [9.17, 15) is 4.79 Å². The first-order valence-corrected chi connectivity index (χ1v) is 7.85. The minimum Gasteiger partial charge on any atom is -0.350 e. The molecule has 0 aromatic carbocycles. The van der Waals surface area contributed by atoms with Crippen molar-refractivity contribution in [2.45, 2.75) is 47.2 Å². The molecule has 0 aliphatic carbocycles. The molecular weight excluding hydrogens is 258 g/mol. The lowest BCUT2D eigenvalue weighted by atomic mass is 10.1. The maximum atomic E-state index is 11.6. The molecule has 0 aliphatic rings. The summed E-state index contributed by atoms with van der Waals surface area (Å²) in [5.41, 5.74) is 1.10. The van der Waals surface area contributed by atoms with E-state index in [1.165, 1.54) is 0 Å². The molecule has 1 N–H and O–H groups in total. The highest BCUT2D eigenvalue weighted by Gasteiger charge is 2.08. The average Bonchev–Trinajstić information content (AvgIpc) is 2.80. The zero-order chi connectivity index (χ0) is 14.3. The molecule has 0 saturated heterocycles. The van der Waals surface area contributed by atoms with Crippen LogP contribution in [0.5, 0.6) is 0 Å². The molecule has 5 heteroatoms. The number of rotatable bonds is 8. The molecule has 0 radical (unpaired) electrons. The van der Waals surface area contributed by atoms with Crippen molar-refractivity contribution >= 4 is 17.2 Å². The summed E-state index contributed by atoms with van der Waals surface area (Å²) in [6.45, 7) is 11.9. The van der Waals surface area contributed by atoms with E-state index in [1.807, 2.05) is 13.8 Å². The van der Waals surface area contributed by atoms with Crippen LogP contribution in [0.25, 0.3) is 0 Å². The highest BCUT2D eigenvalue weighted by atomic mass is 32.1. The molecule has 108 valence electrons. The van der Waals surface area contributed by atoms with E-state index in [2.05, 4.69) is 34.4 Å². The van der Waals surface area contributed by atoms with Gasteiger partial charge >= 0.3 is 0 Å². The summed E-state index contributed by atoms with van der Waals surface area (Å²) in [6.07, 6.45) is 0.581. The van der Waals surface area contributed by atoms with Crippen LogP contribution < -0.4 is 5.32 Å². The molecule has 4 nitrogen and oxygen atoms in total. The highest BCUT2D eigenvalue weighted by molar-refractivity contribution is 7.09. The summed E-state index contributed by atoms with van der Waals surface area (Å²) < 4.78 is 0. The van der Waals surface area contributed by atoms with Crippen LogP contribution in [0.4, 0.5) is 0 Å². The van der Waals surface area contributed by atoms with E-state index < -0.39 is 0 Å². The molecule has 0 aliphatic heterocycles. The van der Waals surface area contributed by atoms with E-state index in [0.717, 1.165) is 30.3 Å². The smallest absolute Gasteiger partial charge is 0.220 e. The number of hydrogen-bond donors (Lipinski definition) is 1. The number of amides is 1. The SMILES string of the molecule is CCN(CC)Cc1csc(CNC(=O)CC(C)C)n1. The molecular formula is C14H25N3OS. The largest absolute Gasteiger partial charge is 0.350 e. The third-order valence-corrected chi connectivity index (χ3v) is 3.81. The lowest BCUT2D eigenvalue weighted by Gasteiger charge is -2.15. The first-order chi connectivity index (χ1) is 9.05. The third-order valence-electron chi connectivity index (χ3n) is 2.91. The van der Waals surface area contributed by atoms with E-state index in [4.69, 9.17) is 0 Å². The molecule has 0 unspecified atom stereocenters. The molecule has 0 fully saturated rings. The number of nitrogens with one attached hydrogen (secondary N) is 1. The predicted octanol–water partition coefficient (Wildman–Crippen LogP) is 2.65. The molecule has 0 spiro atoms. The van der Waals surface area contributed by atoms with Gasteiger partial charge in [0.2, 0.25) is 5.91 Å².